The summed E-state index contributed by atoms with van der Waals surface area (Å²) in [5.74, 6) is -1.82. The predicted octanol–water partition coefficient (Wildman–Crippen LogP) is 1.75. The van der Waals surface area contributed by atoms with Gasteiger partial charge in [0.1, 0.15) is 25.2 Å². The summed E-state index contributed by atoms with van der Waals surface area (Å²) in [7, 11) is 0. The molecule has 6 atom stereocenters. The highest BCUT2D eigenvalue weighted by atomic mass is 32.2. The molecule has 3 fully saturated rings. The van der Waals surface area contributed by atoms with Crippen LogP contribution in [-0.2, 0) is 35.2 Å². The van der Waals surface area contributed by atoms with Gasteiger partial charge in [0.05, 0.1) is 10.3 Å². The van der Waals surface area contributed by atoms with E-state index in [9.17, 15) is 29.3 Å². The van der Waals surface area contributed by atoms with Crippen molar-refractivity contribution in [2.24, 2.45) is 5.92 Å². The molecule has 12 nitrogen and oxygen atoms in total. The first-order valence-electron chi connectivity index (χ1n) is 11.0. The van der Waals surface area contributed by atoms with Crippen molar-refractivity contribution in [2.75, 3.05) is 6.61 Å². The Kier molecular flexibility index (Phi) is 6.62. The molecule has 35 heavy (non-hydrogen) atoms. The molecule has 3 saturated heterocycles. The van der Waals surface area contributed by atoms with E-state index >= 15 is 0 Å². The van der Waals surface area contributed by atoms with Crippen molar-refractivity contribution in [2.45, 2.75) is 62.1 Å². The maximum atomic E-state index is 13.2. The van der Waals surface area contributed by atoms with Crippen LogP contribution in [0, 0.1) is 16.0 Å². The Labute approximate surface area is 204 Å². The topological polar surface area (TPSA) is 154 Å². The number of thioether (sulfide) groups is 1. The number of carbonyl (C=O) groups excluding carboxylic acids is 4. The Morgan fingerprint density at radius 3 is 2.60 bits per heavy atom. The van der Waals surface area contributed by atoms with Gasteiger partial charge in [0.25, 0.3) is 5.69 Å². The van der Waals surface area contributed by atoms with Gasteiger partial charge in [-0.3, -0.25) is 19.7 Å². The number of amides is 2. The molecule has 188 valence electrons. The highest BCUT2D eigenvalue weighted by Crippen LogP contribution is 2.50. The number of rotatable bonds is 8. The van der Waals surface area contributed by atoms with Gasteiger partial charge in [-0.1, -0.05) is 0 Å². The van der Waals surface area contributed by atoms with Crippen molar-refractivity contribution in [3.63, 3.8) is 0 Å². The first-order valence-corrected chi connectivity index (χ1v) is 11.9. The minimum atomic E-state index is -1.12. The van der Waals surface area contributed by atoms with E-state index in [0.717, 1.165) is 0 Å². The Balaban J connectivity index is 1.49. The summed E-state index contributed by atoms with van der Waals surface area (Å²) in [4.78, 5) is 61.1. The lowest BCUT2D eigenvalue weighted by Gasteiger charge is -2.49. The van der Waals surface area contributed by atoms with Gasteiger partial charge in [-0.15, -0.1) is 11.8 Å². The lowest BCUT2D eigenvalue weighted by atomic mass is 9.75. The molecule has 1 aromatic rings. The number of cyclic esters (lactones) is 2. The molecule has 6 unspecified atom stereocenters. The fourth-order valence-electron chi connectivity index (χ4n) is 4.91. The molecule has 0 radical (unpaired) electrons. The number of fused-ring (bicyclic) bond motifs is 1. The third-order valence-electron chi connectivity index (χ3n) is 6.39. The first kappa shape index (κ1) is 24.8. The van der Waals surface area contributed by atoms with Crippen molar-refractivity contribution in [1.29, 1.82) is 0 Å². The molecule has 0 bridgehead atoms. The largest absolute Gasteiger partial charge is 0.509 e. The van der Waals surface area contributed by atoms with Crippen LogP contribution in [0.25, 0.3) is 0 Å². The second-order valence-corrected chi connectivity index (χ2v) is 10.6. The Morgan fingerprint density at radius 2 is 2.03 bits per heavy atom. The number of non-ortho nitro benzene ring substituents is 1. The number of nitrogens with zero attached hydrogens (tertiary/aromatic N) is 2. The first-order chi connectivity index (χ1) is 16.5. The molecule has 3 heterocycles. The van der Waals surface area contributed by atoms with E-state index < -0.39 is 34.6 Å². The number of nitrogens with one attached hydrogen (secondary N) is 1. The van der Waals surface area contributed by atoms with Crippen molar-refractivity contribution in [1.82, 2.24) is 10.2 Å². The average molecular weight is 508 g/mol. The van der Waals surface area contributed by atoms with Crippen molar-refractivity contribution in [3.05, 3.63) is 39.9 Å². The van der Waals surface area contributed by atoms with Gasteiger partial charge in [0, 0.05) is 30.3 Å². The fraction of sp³-hybridized carbons (Fsp3) is 0.545. The van der Waals surface area contributed by atoms with Gasteiger partial charge in [0.2, 0.25) is 11.8 Å². The van der Waals surface area contributed by atoms with Gasteiger partial charge in [0.15, 0.2) is 5.60 Å². The lowest BCUT2D eigenvalue weighted by molar-refractivity contribution is -0.384. The number of hydrogen-bond acceptors (Lipinski definition) is 10. The number of hydrogen-bond donors (Lipinski definition) is 1. The van der Waals surface area contributed by atoms with Crippen LogP contribution in [-0.4, -0.2) is 68.7 Å². The van der Waals surface area contributed by atoms with Crippen LogP contribution >= 0.6 is 11.8 Å². The Bertz CT molecular complexity index is 1060. The zero-order chi connectivity index (χ0) is 25.5. The van der Waals surface area contributed by atoms with Crippen LogP contribution in [0.3, 0.4) is 0 Å². The number of benzene rings is 1. The second kappa shape index (κ2) is 9.36. The molecule has 0 aromatic heterocycles. The van der Waals surface area contributed by atoms with Gasteiger partial charge in [-0.25, -0.2) is 9.59 Å². The van der Waals surface area contributed by atoms with E-state index in [2.05, 4.69) is 5.32 Å². The van der Waals surface area contributed by atoms with Crippen molar-refractivity contribution >= 4 is 41.4 Å². The Morgan fingerprint density at radius 1 is 1.34 bits per heavy atom. The second-order valence-electron chi connectivity index (χ2n) is 8.97. The molecule has 13 heteroatoms. The molecular formula is C22H25N3O9S. The molecule has 0 spiro atoms. The van der Waals surface area contributed by atoms with E-state index in [1.54, 1.807) is 13.8 Å². The molecule has 3 aliphatic rings. The summed E-state index contributed by atoms with van der Waals surface area (Å²) < 4.78 is 15.7. The number of nitro groups is 1. The normalized spacial score (nSPS) is 30.0. The number of ether oxygens (including phenoxy) is 3. The number of β-lactam (4-membered cyclic amide) rings is 1. The highest BCUT2D eigenvalue weighted by molar-refractivity contribution is 8.00. The molecule has 0 aliphatic carbocycles. The number of carbonyl (C=O) groups is 4. The molecule has 0 saturated carbocycles. The van der Waals surface area contributed by atoms with Gasteiger partial charge in [-0.2, -0.15) is 0 Å². The summed E-state index contributed by atoms with van der Waals surface area (Å²) in [5.41, 5.74) is -0.639. The van der Waals surface area contributed by atoms with E-state index in [1.807, 2.05) is 0 Å². The Hall–Kier alpha value is -3.35. The summed E-state index contributed by atoms with van der Waals surface area (Å²) in [5, 5.41) is 12.9. The van der Waals surface area contributed by atoms with Crippen molar-refractivity contribution < 1.29 is 38.3 Å². The maximum Gasteiger partial charge on any atom is 0.509 e. The van der Waals surface area contributed by atoms with Crippen LogP contribution < -0.4 is 5.32 Å². The van der Waals surface area contributed by atoms with E-state index in [0.29, 0.717) is 12.0 Å². The van der Waals surface area contributed by atoms with Gasteiger partial charge < -0.3 is 24.4 Å². The smallest absolute Gasteiger partial charge is 0.459 e. The minimum Gasteiger partial charge on any atom is -0.459 e. The van der Waals surface area contributed by atoms with Crippen LogP contribution in [0.4, 0.5) is 10.5 Å². The molecule has 1 N–H and O–H groups in total. The summed E-state index contributed by atoms with van der Waals surface area (Å²) in [6.45, 7) is 4.64. The zero-order valence-corrected chi connectivity index (χ0v) is 20.1. The van der Waals surface area contributed by atoms with E-state index in [-0.39, 0.29) is 47.4 Å². The lowest BCUT2D eigenvalue weighted by Crippen LogP contribution is -2.68. The molecule has 2 amide bonds. The monoisotopic (exact) mass is 507 g/mol. The predicted molar refractivity (Wildman–Crippen MR) is 121 cm³/mol. The van der Waals surface area contributed by atoms with Crippen LogP contribution in [0.5, 0.6) is 0 Å². The van der Waals surface area contributed by atoms with E-state index in [4.69, 9.17) is 14.2 Å². The highest BCUT2D eigenvalue weighted by Gasteiger charge is 2.67. The van der Waals surface area contributed by atoms with E-state index in [1.165, 1.54) is 47.9 Å². The van der Waals surface area contributed by atoms with Crippen LogP contribution in [0.1, 0.15) is 32.8 Å². The fourth-order valence-corrected chi connectivity index (χ4v) is 6.37. The average Bonchev–Trinajstić information content (AvgIpc) is 3.28. The zero-order valence-electron chi connectivity index (χ0n) is 19.3. The third kappa shape index (κ3) is 4.77. The molecule has 1 aromatic carbocycles. The summed E-state index contributed by atoms with van der Waals surface area (Å²) in [6, 6.07) is 4.36. The van der Waals surface area contributed by atoms with Crippen LogP contribution in [0.2, 0.25) is 0 Å². The number of esters is 1. The van der Waals surface area contributed by atoms with Gasteiger partial charge in [-0.05, 0) is 38.0 Å². The molecule has 4 rings (SSSR count). The summed E-state index contributed by atoms with van der Waals surface area (Å²) >= 11 is 1.35. The molecular weight excluding hydrogens is 482 g/mol. The molecule has 3 aliphatic heterocycles. The quantitative estimate of drug-likeness (QED) is 0.181. The SMILES string of the molecule is CC(=O)NC(C)SC1CC2C(C3(C)COC(=O)O3)C(=O)N2C1C(=O)OCc1ccc([N+](=O)[O-])cc1. The van der Waals surface area contributed by atoms with Gasteiger partial charge >= 0.3 is 12.1 Å². The minimum absolute atomic E-state index is 0.0536. The van der Waals surface area contributed by atoms with Crippen molar-refractivity contribution in [3.8, 4) is 0 Å². The number of nitro benzene ring substituents is 1. The standard InChI is InChI=1S/C22H25N3O9S/c1-11(26)23-12(2)35-16-8-15-17(22(3)10-33-21(29)34-22)19(27)24(15)18(16)20(28)32-9-13-4-6-14(7-5-13)25(30)31/h4-7,12,15-18H,8-10H2,1-3H3,(H,23,26). The maximum absolute atomic E-state index is 13.2. The summed E-state index contributed by atoms with van der Waals surface area (Å²) in [6.07, 6.45) is -0.392. The third-order valence-corrected chi connectivity index (χ3v) is 7.72. The van der Waals surface area contributed by atoms with Crippen LogP contribution in [0.15, 0.2) is 24.3 Å².